The summed E-state index contributed by atoms with van der Waals surface area (Å²) in [6.45, 7) is 4.02. The molecule has 20 heavy (non-hydrogen) atoms. The Balaban J connectivity index is 2.07. The largest absolute Gasteiger partial charge is 0.349 e. The van der Waals surface area contributed by atoms with E-state index in [0.29, 0.717) is 22.2 Å². The number of amides is 1. The van der Waals surface area contributed by atoms with Crippen molar-refractivity contribution < 1.29 is 9.00 Å². The first-order valence-corrected chi connectivity index (χ1v) is 8.65. The Labute approximate surface area is 126 Å². The third-order valence-corrected chi connectivity index (χ3v) is 4.97. The van der Waals surface area contributed by atoms with Crippen LogP contribution < -0.4 is 5.32 Å². The van der Waals surface area contributed by atoms with Gasteiger partial charge in [-0.15, -0.1) is 0 Å². The van der Waals surface area contributed by atoms with Gasteiger partial charge in [-0.1, -0.05) is 25.4 Å². The van der Waals surface area contributed by atoms with Gasteiger partial charge in [-0.05, 0) is 30.9 Å². The smallest absolute Gasteiger partial charge is 0.251 e. The van der Waals surface area contributed by atoms with Gasteiger partial charge in [0, 0.05) is 39.6 Å². The van der Waals surface area contributed by atoms with Gasteiger partial charge in [-0.2, -0.15) is 0 Å². The Hall–Kier alpha value is -0.940. The molecule has 0 radical (unpaired) electrons. The Bertz CT molecular complexity index is 524. The number of nitrogens with one attached hydrogen (secondary N) is 1. The van der Waals surface area contributed by atoms with Crippen LogP contribution in [0.15, 0.2) is 12.1 Å². The number of aromatic nitrogens is 1. The van der Waals surface area contributed by atoms with Crippen molar-refractivity contribution in [3.63, 3.8) is 0 Å². The van der Waals surface area contributed by atoms with Crippen LogP contribution in [0.25, 0.3) is 0 Å². The van der Waals surface area contributed by atoms with Gasteiger partial charge in [-0.3, -0.25) is 9.00 Å². The Morgan fingerprint density at radius 1 is 1.40 bits per heavy atom. The van der Waals surface area contributed by atoms with Crippen molar-refractivity contribution in [3.05, 3.63) is 28.5 Å². The first-order chi connectivity index (χ1) is 9.45. The first kappa shape index (κ1) is 15.4. The van der Waals surface area contributed by atoms with E-state index in [1.807, 2.05) is 13.8 Å². The van der Waals surface area contributed by atoms with Crippen LogP contribution in [0.2, 0.25) is 5.15 Å². The van der Waals surface area contributed by atoms with E-state index in [2.05, 4.69) is 10.3 Å². The molecule has 1 aliphatic heterocycles. The number of nitrogens with zero attached hydrogens (tertiary/aromatic N) is 1. The molecule has 2 rings (SSSR count). The Morgan fingerprint density at radius 2 is 2.05 bits per heavy atom. The number of rotatable bonds is 3. The fourth-order valence-electron chi connectivity index (χ4n) is 2.15. The van der Waals surface area contributed by atoms with Crippen molar-refractivity contribution in [3.8, 4) is 0 Å². The first-order valence-electron chi connectivity index (χ1n) is 6.79. The minimum absolute atomic E-state index is 0.106. The van der Waals surface area contributed by atoms with Gasteiger partial charge in [0.05, 0.1) is 0 Å². The van der Waals surface area contributed by atoms with Crippen molar-refractivity contribution in [2.24, 2.45) is 0 Å². The molecular weight excluding hydrogens is 296 g/mol. The third kappa shape index (κ3) is 4.03. The second-order valence-corrected chi connectivity index (χ2v) is 7.44. The maximum Gasteiger partial charge on any atom is 0.251 e. The molecule has 4 nitrogen and oxygen atoms in total. The van der Waals surface area contributed by atoms with Crippen LogP contribution in [0.3, 0.4) is 0 Å². The molecule has 1 amide bonds. The van der Waals surface area contributed by atoms with Crippen molar-refractivity contribution in [2.45, 2.75) is 38.6 Å². The Kier molecular flexibility index (Phi) is 5.16. The molecule has 0 bridgehead atoms. The fraction of sp³-hybridized carbons (Fsp3) is 0.571. The summed E-state index contributed by atoms with van der Waals surface area (Å²) in [5.41, 5.74) is 1.35. The summed E-state index contributed by atoms with van der Waals surface area (Å²) in [5, 5.41) is 3.33. The lowest BCUT2D eigenvalue weighted by molar-refractivity contribution is 0.0934. The molecule has 1 aliphatic rings. The van der Waals surface area contributed by atoms with Crippen molar-refractivity contribution in [1.82, 2.24) is 10.3 Å². The lowest BCUT2D eigenvalue weighted by Crippen LogP contribution is -2.39. The summed E-state index contributed by atoms with van der Waals surface area (Å²) in [6, 6.07) is 3.48. The zero-order valence-corrected chi connectivity index (χ0v) is 13.3. The van der Waals surface area contributed by atoms with E-state index in [1.165, 1.54) is 0 Å². The van der Waals surface area contributed by atoms with Gasteiger partial charge in [0.15, 0.2) is 0 Å². The molecule has 6 heteroatoms. The van der Waals surface area contributed by atoms with Crippen LogP contribution in [0, 0.1) is 0 Å². The van der Waals surface area contributed by atoms with Crippen molar-refractivity contribution in [2.75, 3.05) is 11.5 Å². The normalized spacial score (nSPS) is 22.8. The quantitative estimate of drug-likeness (QED) is 0.872. The summed E-state index contributed by atoms with van der Waals surface area (Å²) in [6.07, 6.45) is 1.54. The average Bonchev–Trinajstić information content (AvgIpc) is 2.40. The number of pyridine rings is 1. The molecule has 0 unspecified atom stereocenters. The Morgan fingerprint density at radius 3 is 2.65 bits per heavy atom. The molecule has 2 heterocycles. The standard InChI is InChI=1S/C14H19ClN2O2S/c1-9(2)12-7-10(8-13(15)17-12)14(18)16-11-3-5-20(19)6-4-11/h7-9,11H,3-6H2,1-2H3,(H,16,18). The highest BCUT2D eigenvalue weighted by molar-refractivity contribution is 7.85. The van der Waals surface area contributed by atoms with E-state index >= 15 is 0 Å². The van der Waals surface area contributed by atoms with Crippen LogP contribution in [0.4, 0.5) is 0 Å². The van der Waals surface area contributed by atoms with E-state index < -0.39 is 10.8 Å². The molecule has 0 aromatic carbocycles. The molecular formula is C14H19ClN2O2S. The van der Waals surface area contributed by atoms with Crippen molar-refractivity contribution in [1.29, 1.82) is 0 Å². The van der Waals surface area contributed by atoms with E-state index in [0.717, 1.165) is 18.5 Å². The molecule has 0 aliphatic carbocycles. The summed E-state index contributed by atoms with van der Waals surface area (Å²) in [5.74, 6) is 1.42. The molecule has 1 aromatic rings. The number of carbonyl (C=O) groups excluding carboxylic acids is 1. The maximum absolute atomic E-state index is 12.2. The fourth-order valence-corrected chi connectivity index (χ4v) is 3.67. The maximum atomic E-state index is 12.2. The lowest BCUT2D eigenvalue weighted by Gasteiger charge is -2.22. The predicted octanol–water partition coefficient (Wildman–Crippen LogP) is 2.50. The number of halogens is 1. The lowest BCUT2D eigenvalue weighted by atomic mass is 10.1. The van der Waals surface area contributed by atoms with Gasteiger partial charge in [-0.25, -0.2) is 4.98 Å². The van der Waals surface area contributed by atoms with E-state index in [1.54, 1.807) is 12.1 Å². The molecule has 1 aromatic heterocycles. The average molecular weight is 315 g/mol. The second kappa shape index (κ2) is 6.68. The molecule has 1 fully saturated rings. The SMILES string of the molecule is CC(C)c1cc(C(=O)NC2CCS(=O)CC2)cc(Cl)n1. The van der Waals surface area contributed by atoms with Gasteiger partial charge in [0.25, 0.3) is 5.91 Å². The van der Waals surface area contributed by atoms with Gasteiger partial charge in [0.2, 0.25) is 0 Å². The van der Waals surface area contributed by atoms with E-state index in [9.17, 15) is 9.00 Å². The molecule has 110 valence electrons. The molecule has 0 spiro atoms. The topological polar surface area (TPSA) is 59.1 Å². The minimum Gasteiger partial charge on any atom is -0.349 e. The highest BCUT2D eigenvalue weighted by Gasteiger charge is 2.20. The monoisotopic (exact) mass is 314 g/mol. The van der Waals surface area contributed by atoms with Gasteiger partial charge in [0.1, 0.15) is 5.15 Å². The summed E-state index contributed by atoms with van der Waals surface area (Å²) >= 11 is 5.97. The van der Waals surface area contributed by atoms with Gasteiger partial charge >= 0.3 is 0 Å². The van der Waals surface area contributed by atoms with Crippen LogP contribution in [0.1, 0.15) is 48.7 Å². The number of carbonyl (C=O) groups is 1. The zero-order valence-electron chi connectivity index (χ0n) is 11.7. The predicted molar refractivity (Wildman–Crippen MR) is 81.7 cm³/mol. The summed E-state index contributed by atoms with van der Waals surface area (Å²) in [7, 11) is -0.716. The van der Waals surface area contributed by atoms with E-state index in [4.69, 9.17) is 11.6 Å². The highest BCUT2D eigenvalue weighted by atomic mass is 35.5. The molecule has 0 atom stereocenters. The minimum atomic E-state index is -0.716. The summed E-state index contributed by atoms with van der Waals surface area (Å²) < 4.78 is 11.3. The van der Waals surface area contributed by atoms with E-state index in [-0.39, 0.29) is 17.9 Å². The van der Waals surface area contributed by atoms with Crippen LogP contribution >= 0.6 is 11.6 Å². The zero-order chi connectivity index (χ0) is 14.7. The van der Waals surface area contributed by atoms with Crippen LogP contribution in [-0.4, -0.2) is 32.6 Å². The number of hydrogen-bond donors (Lipinski definition) is 1. The molecule has 1 N–H and O–H groups in total. The van der Waals surface area contributed by atoms with Crippen LogP contribution in [0.5, 0.6) is 0 Å². The molecule has 0 saturated carbocycles. The number of hydrogen-bond acceptors (Lipinski definition) is 3. The van der Waals surface area contributed by atoms with Gasteiger partial charge < -0.3 is 5.32 Å². The summed E-state index contributed by atoms with van der Waals surface area (Å²) in [4.78, 5) is 16.5. The second-order valence-electron chi connectivity index (χ2n) is 5.35. The van der Waals surface area contributed by atoms with Crippen molar-refractivity contribution >= 4 is 28.3 Å². The molecule has 1 saturated heterocycles. The van der Waals surface area contributed by atoms with Crippen LogP contribution in [-0.2, 0) is 10.8 Å². The third-order valence-electron chi connectivity index (χ3n) is 3.39. The highest BCUT2D eigenvalue weighted by Crippen LogP contribution is 2.18.